The van der Waals surface area contributed by atoms with Gasteiger partial charge in [-0.25, -0.2) is 4.98 Å². The lowest BCUT2D eigenvalue weighted by atomic mass is 10.0. The lowest BCUT2D eigenvalue weighted by Gasteiger charge is -2.23. The van der Waals surface area contributed by atoms with Crippen LogP contribution in [-0.4, -0.2) is 21.0 Å². The molecule has 29 heavy (non-hydrogen) atoms. The van der Waals surface area contributed by atoms with Crippen LogP contribution in [0.25, 0.3) is 5.76 Å². The van der Waals surface area contributed by atoms with E-state index < -0.39 is 5.91 Å². The highest BCUT2D eigenvalue weighted by Crippen LogP contribution is 2.26. The van der Waals surface area contributed by atoms with Gasteiger partial charge in [0.2, 0.25) is 0 Å². The predicted molar refractivity (Wildman–Crippen MR) is 122 cm³/mol. The van der Waals surface area contributed by atoms with E-state index >= 15 is 0 Å². The molecule has 0 aliphatic heterocycles. The van der Waals surface area contributed by atoms with Crippen LogP contribution in [0.5, 0.6) is 0 Å². The van der Waals surface area contributed by atoms with Gasteiger partial charge in [-0.05, 0) is 53.7 Å². The number of allylic oxidation sites excluding steroid dienone is 4. The van der Waals surface area contributed by atoms with Gasteiger partial charge >= 0.3 is 0 Å². The second-order valence-corrected chi connectivity index (χ2v) is 7.35. The zero-order chi connectivity index (χ0) is 22.8. The van der Waals surface area contributed by atoms with E-state index in [4.69, 9.17) is 16.2 Å². The maximum atomic E-state index is 11.7. The van der Waals surface area contributed by atoms with Gasteiger partial charge in [0.05, 0.1) is 5.57 Å². The van der Waals surface area contributed by atoms with Crippen molar-refractivity contribution < 1.29 is 9.53 Å². The molecule has 0 radical (unpaired) electrons. The maximum absolute atomic E-state index is 11.7. The summed E-state index contributed by atoms with van der Waals surface area (Å²) in [6.45, 7) is 19.6. The van der Waals surface area contributed by atoms with Gasteiger partial charge in [0, 0.05) is 29.9 Å². The van der Waals surface area contributed by atoms with Crippen LogP contribution in [0.4, 0.5) is 0 Å². The van der Waals surface area contributed by atoms with Crippen LogP contribution in [0.1, 0.15) is 73.0 Å². The molecule has 0 bridgehead atoms. The molecule has 0 spiro atoms. The molecule has 1 amide bonds. The molecule has 162 valence electrons. The number of ether oxygens (including phenoxy) is 1. The number of rotatable bonds is 9. The van der Waals surface area contributed by atoms with Crippen molar-refractivity contribution in [1.29, 1.82) is 0 Å². The molecule has 0 fully saturated rings. The largest absolute Gasteiger partial charge is 0.454 e. The smallest absolute Gasteiger partial charge is 0.252 e. The maximum Gasteiger partial charge on any atom is 0.252 e. The van der Waals surface area contributed by atoms with Crippen LogP contribution in [-0.2, 0) is 16.0 Å². The van der Waals surface area contributed by atoms with E-state index in [1.165, 1.54) is 0 Å². The first-order chi connectivity index (χ1) is 13.5. The lowest BCUT2D eigenvalue weighted by molar-refractivity contribution is -0.114. The zero-order valence-electron chi connectivity index (χ0n) is 19.2. The van der Waals surface area contributed by atoms with Crippen LogP contribution in [0.2, 0.25) is 0 Å². The molecule has 0 unspecified atom stereocenters. The van der Waals surface area contributed by atoms with Crippen LogP contribution in [0.15, 0.2) is 48.4 Å². The van der Waals surface area contributed by atoms with Crippen LogP contribution < -0.4 is 11.5 Å². The first kappa shape index (κ1) is 26.4. The quantitative estimate of drug-likeness (QED) is 0.357. The topological polar surface area (TPSA) is 96.2 Å². The Morgan fingerprint density at radius 2 is 1.93 bits per heavy atom. The minimum absolute atomic E-state index is 0.154. The molecule has 1 rings (SSSR count). The van der Waals surface area contributed by atoms with Crippen LogP contribution in [0, 0.1) is 0 Å². The average Bonchev–Trinajstić information content (AvgIpc) is 3.03. The molecule has 0 aliphatic carbocycles. The fourth-order valence-electron chi connectivity index (χ4n) is 2.68. The van der Waals surface area contributed by atoms with E-state index in [9.17, 15) is 4.79 Å². The summed E-state index contributed by atoms with van der Waals surface area (Å²) < 4.78 is 7.97. The second-order valence-electron chi connectivity index (χ2n) is 7.35. The van der Waals surface area contributed by atoms with Gasteiger partial charge in [-0.15, -0.1) is 0 Å². The minimum atomic E-state index is -0.605. The van der Waals surface area contributed by atoms with Crippen molar-refractivity contribution in [3.63, 3.8) is 0 Å². The number of imidazole rings is 1. The number of carbonyl (C=O) groups is 1. The van der Waals surface area contributed by atoms with E-state index in [0.717, 1.165) is 5.69 Å². The van der Waals surface area contributed by atoms with Gasteiger partial charge in [0.1, 0.15) is 5.76 Å². The van der Waals surface area contributed by atoms with Crippen LogP contribution >= 0.6 is 0 Å². The van der Waals surface area contributed by atoms with Gasteiger partial charge in [-0.1, -0.05) is 32.6 Å². The zero-order valence-corrected chi connectivity index (χ0v) is 19.2. The monoisotopic (exact) mass is 402 g/mol. The van der Waals surface area contributed by atoms with Crippen LogP contribution in [0.3, 0.4) is 0 Å². The summed E-state index contributed by atoms with van der Waals surface area (Å²) in [6, 6.07) is 0.154. The van der Waals surface area contributed by atoms with Crippen molar-refractivity contribution in [2.24, 2.45) is 11.5 Å². The Hall–Kier alpha value is -2.60. The summed E-state index contributed by atoms with van der Waals surface area (Å²) in [7, 11) is 0. The number of carbonyl (C=O) groups excluding carboxylic acids is 1. The third-order valence-electron chi connectivity index (χ3n) is 3.76. The fourth-order valence-corrected chi connectivity index (χ4v) is 2.68. The number of amides is 1. The minimum Gasteiger partial charge on any atom is -0.454 e. The molecule has 1 aromatic rings. The van der Waals surface area contributed by atoms with Crippen molar-refractivity contribution in [3.8, 4) is 0 Å². The van der Waals surface area contributed by atoms with Gasteiger partial charge in [0.25, 0.3) is 5.91 Å². The number of hydrogen-bond donors (Lipinski definition) is 2. The highest BCUT2D eigenvalue weighted by molar-refractivity contribution is 5.96. The number of nitrogens with zero attached hydrogens (tertiary/aromatic N) is 2. The Morgan fingerprint density at radius 1 is 1.34 bits per heavy atom. The molecule has 0 aliphatic rings. The number of primary amides is 1. The lowest BCUT2D eigenvalue weighted by Crippen LogP contribution is -2.35. The van der Waals surface area contributed by atoms with Gasteiger partial charge in [0.15, 0.2) is 11.6 Å². The first-order valence-corrected chi connectivity index (χ1v) is 10.0. The number of nitrogens with two attached hydrogens (primary N) is 2. The van der Waals surface area contributed by atoms with Crippen molar-refractivity contribution in [3.05, 3.63) is 59.9 Å². The Bertz CT molecular complexity index is 775. The Balaban J connectivity index is 0.00000379. The van der Waals surface area contributed by atoms with Crippen molar-refractivity contribution >= 4 is 11.7 Å². The first-order valence-electron chi connectivity index (χ1n) is 10.0. The van der Waals surface area contributed by atoms with E-state index in [1.54, 1.807) is 24.3 Å². The Morgan fingerprint density at radius 3 is 2.34 bits per heavy atom. The molecule has 1 aromatic heterocycles. The summed E-state index contributed by atoms with van der Waals surface area (Å²) in [5.41, 5.74) is 12.5. The Kier molecular flexibility index (Phi) is 11.0. The fraction of sp³-hybridized carbons (Fsp3) is 0.478. The van der Waals surface area contributed by atoms with Gasteiger partial charge in [-0.3, -0.25) is 4.79 Å². The van der Waals surface area contributed by atoms with Crippen molar-refractivity contribution in [2.75, 3.05) is 0 Å². The van der Waals surface area contributed by atoms with Gasteiger partial charge < -0.3 is 20.8 Å². The molecule has 4 N–H and O–H groups in total. The van der Waals surface area contributed by atoms with Gasteiger partial charge in [-0.2, -0.15) is 0 Å². The van der Waals surface area contributed by atoms with Crippen molar-refractivity contribution in [1.82, 2.24) is 9.55 Å². The average molecular weight is 403 g/mol. The molecule has 0 atom stereocenters. The van der Waals surface area contributed by atoms with E-state index in [0.29, 0.717) is 18.0 Å². The highest BCUT2D eigenvalue weighted by Gasteiger charge is 2.22. The van der Waals surface area contributed by atoms with Crippen molar-refractivity contribution in [2.45, 2.75) is 73.4 Å². The number of hydrogen-bond acceptors (Lipinski definition) is 4. The molecule has 0 saturated carbocycles. The molecule has 6 nitrogen and oxygen atoms in total. The van der Waals surface area contributed by atoms with E-state index in [1.807, 2.05) is 47.7 Å². The predicted octanol–water partition coefficient (Wildman–Crippen LogP) is 4.65. The van der Waals surface area contributed by atoms with E-state index in [2.05, 4.69) is 30.0 Å². The normalized spacial score (nSPS) is 12.8. The van der Waals surface area contributed by atoms with E-state index in [-0.39, 0.29) is 22.9 Å². The second kappa shape index (κ2) is 12.1. The highest BCUT2D eigenvalue weighted by atomic mass is 16.5. The molecular weight excluding hydrogens is 364 g/mol. The molecule has 0 saturated heterocycles. The molecular formula is C23H38N4O2. The standard InChI is InChI=1S/C21H32N4O2.C2H6/c1-8-10-11-17(19(22)26)15(5)27-18(9-2)20-24-13-16(12-21(6,7)23)25(20)14(3)4;1-2/h8-11,13-14H,5,12,23H2,1-4,6-7H3,(H2,22,26);1-2H3/b10-8-,17-11+,18-9+;. The SMILES string of the molecule is C=C(O/C(=C/C)c1ncc(CC(C)(C)N)n1C(C)C)/C(=C\C=C/C)C(N)=O.CC. The summed E-state index contributed by atoms with van der Waals surface area (Å²) in [4.78, 5) is 16.2. The molecule has 6 heteroatoms. The Labute approximate surface area is 176 Å². The summed E-state index contributed by atoms with van der Waals surface area (Å²) >= 11 is 0. The third-order valence-corrected chi connectivity index (χ3v) is 3.76. The third kappa shape index (κ3) is 8.11. The molecule has 1 heterocycles. The number of aromatic nitrogens is 2. The summed E-state index contributed by atoms with van der Waals surface area (Å²) in [6.07, 6.45) is 9.35. The summed E-state index contributed by atoms with van der Waals surface area (Å²) in [5, 5.41) is 0. The molecule has 0 aromatic carbocycles. The summed E-state index contributed by atoms with van der Waals surface area (Å²) in [5.74, 6) is 0.726.